The topological polar surface area (TPSA) is 38.1 Å². The van der Waals surface area contributed by atoms with Crippen molar-refractivity contribution in [3.63, 3.8) is 0 Å². The van der Waals surface area contributed by atoms with Gasteiger partial charge >= 0.3 is 0 Å². The maximum absolute atomic E-state index is 5.14. The minimum Gasteiger partial charge on any atom is -0.359 e. The van der Waals surface area contributed by atoms with E-state index in [0.717, 1.165) is 18.0 Å². The number of rotatable bonds is 1. The van der Waals surface area contributed by atoms with E-state index in [-0.39, 0.29) is 17.0 Å². The first-order valence-electron chi connectivity index (χ1n) is 4.03. The molecule has 0 spiro atoms. The van der Waals surface area contributed by atoms with Crippen LogP contribution >= 0.6 is 17.0 Å². The Labute approximate surface area is 82.3 Å². The van der Waals surface area contributed by atoms with Crippen molar-refractivity contribution < 1.29 is 4.52 Å². The number of aryl methyl sites for hydroxylation is 1. The maximum Gasteiger partial charge on any atom is 0.153 e. The summed E-state index contributed by atoms with van der Waals surface area (Å²) in [6.45, 7) is 3.05. The van der Waals surface area contributed by atoms with Crippen molar-refractivity contribution in [2.45, 2.75) is 25.8 Å². The third-order valence-corrected chi connectivity index (χ3v) is 2.05. The van der Waals surface area contributed by atoms with Gasteiger partial charge in [-0.3, -0.25) is 0 Å². The Hall–Kier alpha value is -0.350. The van der Waals surface area contributed by atoms with Gasteiger partial charge in [0.25, 0.3) is 0 Å². The Morgan fingerprint density at radius 1 is 1.67 bits per heavy atom. The molecule has 1 aliphatic rings. The van der Waals surface area contributed by atoms with Crippen LogP contribution in [0.25, 0.3) is 0 Å². The minimum atomic E-state index is 0. The summed E-state index contributed by atoms with van der Waals surface area (Å²) in [6.07, 6.45) is 2.42. The van der Waals surface area contributed by atoms with Gasteiger partial charge in [0, 0.05) is 6.07 Å². The third kappa shape index (κ3) is 1.87. The molecule has 4 heteroatoms. The Balaban J connectivity index is 0.000000720. The minimum absolute atomic E-state index is 0. The lowest BCUT2D eigenvalue weighted by atomic mass is 10.2. The van der Waals surface area contributed by atoms with E-state index < -0.39 is 0 Å². The molecule has 0 bridgehead atoms. The molecule has 1 aromatic rings. The third-order valence-electron chi connectivity index (χ3n) is 2.05. The monoisotopic (exact) mass is 232 g/mol. The number of hydrogen-bond acceptors (Lipinski definition) is 3. The Morgan fingerprint density at radius 3 is 3.00 bits per heavy atom. The zero-order valence-electron chi connectivity index (χ0n) is 7.04. The molecule has 0 saturated carbocycles. The van der Waals surface area contributed by atoms with Gasteiger partial charge in [0.05, 0.1) is 11.7 Å². The molecule has 1 aliphatic heterocycles. The van der Waals surface area contributed by atoms with Crippen molar-refractivity contribution >= 4 is 17.0 Å². The van der Waals surface area contributed by atoms with Gasteiger partial charge in [-0.25, -0.2) is 0 Å². The molecular formula is C8H13BrN2O. The lowest BCUT2D eigenvalue weighted by Gasteiger charge is -2.02. The molecule has 1 atom stereocenters. The molecule has 1 fully saturated rings. The van der Waals surface area contributed by atoms with Crippen molar-refractivity contribution in [2.24, 2.45) is 0 Å². The van der Waals surface area contributed by atoms with Crippen molar-refractivity contribution in [3.8, 4) is 0 Å². The number of nitrogens with zero attached hydrogens (tertiary/aromatic N) is 1. The summed E-state index contributed by atoms with van der Waals surface area (Å²) >= 11 is 0. The summed E-state index contributed by atoms with van der Waals surface area (Å²) in [6, 6.07) is 2.42. The van der Waals surface area contributed by atoms with Crippen LogP contribution in [0.4, 0.5) is 0 Å². The summed E-state index contributed by atoms with van der Waals surface area (Å²) in [7, 11) is 0. The summed E-state index contributed by atoms with van der Waals surface area (Å²) < 4.78 is 5.14. The van der Waals surface area contributed by atoms with Crippen LogP contribution in [0, 0.1) is 6.92 Å². The van der Waals surface area contributed by atoms with E-state index in [1.807, 2.05) is 13.0 Å². The largest absolute Gasteiger partial charge is 0.359 e. The fraction of sp³-hybridized carbons (Fsp3) is 0.625. The second-order valence-corrected chi connectivity index (χ2v) is 3.02. The average Bonchev–Trinajstić information content (AvgIpc) is 2.55. The highest BCUT2D eigenvalue weighted by Gasteiger charge is 2.19. The summed E-state index contributed by atoms with van der Waals surface area (Å²) in [5, 5.41) is 7.20. The van der Waals surface area contributed by atoms with E-state index >= 15 is 0 Å². The number of aromatic nitrogens is 1. The molecule has 0 aromatic carbocycles. The van der Waals surface area contributed by atoms with Crippen molar-refractivity contribution in [1.29, 1.82) is 0 Å². The lowest BCUT2D eigenvalue weighted by molar-refractivity contribution is 0.349. The van der Waals surface area contributed by atoms with Crippen LogP contribution in [0.1, 0.15) is 30.3 Å². The second kappa shape index (κ2) is 4.05. The number of halogens is 1. The van der Waals surface area contributed by atoms with E-state index in [1.165, 1.54) is 12.8 Å². The van der Waals surface area contributed by atoms with Gasteiger partial charge in [-0.2, -0.15) is 0 Å². The smallest absolute Gasteiger partial charge is 0.153 e. The highest BCUT2D eigenvalue weighted by Crippen LogP contribution is 2.22. The first-order valence-corrected chi connectivity index (χ1v) is 4.03. The Kier molecular flexibility index (Phi) is 3.29. The van der Waals surface area contributed by atoms with Crippen LogP contribution in [0.3, 0.4) is 0 Å². The Bertz CT molecular complexity index is 243. The highest BCUT2D eigenvalue weighted by atomic mass is 79.9. The molecule has 1 unspecified atom stereocenters. The van der Waals surface area contributed by atoms with Crippen LogP contribution < -0.4 is 5.32 Å². The van der Waals surface area contributed by atoms with Crippen LogP contribution in [-0.4, -0.2) is 11.7 Å². The number of nitrogens with one attached hydrogen (secondary N) is 1. The normalized spacial score (nSPS) is 22.2. The van der Waals surface area contributed by atoms with Gasteiger partial charge in [0.15, 0.2) is 5.76 Å². The van der Waals surface area contributed by atoms with Gasteiger partial charge in [0.2, 0.25) is 0 Å². The van der Waals surface area contributed by atoms with Gasteiger partial charge in [-0.05, 0) is 26.3 Å². The van der Waals surface area contributed by atoms with Gasteiger partial charge < -0.3 is 9.84 Å². The van der Waals surface area contributed by atoms with Crippen molar-refractivity contribution in [2.75, 3.05) is 6.54 Å². The highest BCUT2D eigenvalue weighted by molar-refractivity contribution is 8.93. The molecule has 12 heavy (non-hydrogen) atoms. The predicted molar refractivity (Wildman–Crippen MR) is 51.5 cm³/mol. The fourth-order valence-electron chi connectivity index (χ4n) is 1.47. The predicted octanol–water partition coefficient (Wildman–Crippen LogP) is 1.99. The molecule has 2 heterocycles. The van der Waals surface area contributed by atoms with Crippen molar-refractivity contribution in [1.82, 2.24) is 10.5 Å². The first kappa shape index (κ1) is 9.74. The fourth-order valence-corrected chi connectivity index (χ4v) is 1.47. The van der Waals surface area contributed by atoms with Gasteiger partial charge in [-0.15, -0.1) is 17.0 Å². The first-order chi connectivity index (χ1) is 5.36. The van der Waals surface area contributed by atoms with E-state index in [1.54, 1.807) is 0 Å². The molecule has 1 aromatic heterocycles. The SMILES string of the molecule is Br.Cc1cc(C2CCCN2)on1. The molecule has 0 radical (unpaired) electrons. The lowest BCUT2D eigenvalue weighted by Crippen LogP contribution is -2.11. The molecule has 2 rings (SSSR count). The molecule has 3 nitrogen and oxygen atoms in total. The van der Waals surface area contributed by atoms with E-state index in [9.17, 15) is 0 Å². The molecular weight excluding hydrogens is 220 g/mol. The van der Waals surface area contributed by atoms with Crippen LogP contribution in [0.15, 0.2) is 10.6 Å². The quantitative estimate of drug-likeness (QED) is 0.805. The summed E-state index contributed by atoms with van der Waals surface area (Å²) in [5.41, 5.74) is 0.966. The van der Waals surface area contributed by atoms with E-state index in [2.05, 4.69) is 10.5 Å². The van der Waals surface area contributed by atoms with Crippen LogP contribution in [-0.2, 0) is 0 Å². The standard InChI is InChI=1S/C8H12N2O.BrH/c1-6-5-8(11-10-6)7-3-2-4-9-7;/h5,7,9H,2-4H2,1H3;1H. The molecule has 0 aliphatic carbocycles. The summed E-state index contributed by atoms with van der Waals surface area (Å²) in [4.78, 5) is 0. The molecule has 1 saturated heterocycles. The van der Waals surface area contributed by atoms with Crippen molar-refractivity contribution in [3.05, 3.63) is 17.5 Å². The number of hydrogen-bond donors (Lipinski definition) is 1. The summed E-state index contributed by atoms with van der Waals surface area (Å²) in [5.74, 6) is 0.986. The molecule has 68 valence electrons. The molecule has 1 N–H and O–H groups in total. The second-order valence-electron chi connectivity index (χ2n) is 3.02. The van der Waals surface area contributed by atoms with Gasteiger partial charge in [0.1, 0.15) is 0 Å². The van der Waals surface area contributed by atoms with Crippen LogP contribution in [0.5, 0.6) is 0 Å². The van der Waals surface area contributed by atoms with E-state index in [4.69, 9.17) is 4.52 Å². The van der Waals surface area contributed by atoms with E-state index in [0.29, 0.717) is 6.04 Å². The molecule has 0 amide bonds. The van der Waals surface area contributed by atoms with Crippen LogP contribution in [0.2, 0.25) is 0 Å². The average molecular weight is 233 g/mol. The zero-order valence-corrected chi connectivity index (χ0v) is 8.75. The Morgan fingerprint density at radius 2 is 2.50 bits per heavy atom. The maximum atomic E-state index is 5.14. The zero-order chi connectivity index (χ0) is 7.68. The van der Waals surface area contributed by atoms with Gasteiger partial charge in [-0.1, -0.05) is 5.16 Å².